The van der Waals surface area contributed by atoms with Crippen molar-refractivity contribution in [3.05, 3.63) is 18.9 Å². The molecule has 2 heterocycles. The molecule has 0 spiro atoms. The van der Waals surface area contributed by atoms with Crippen LogP contribution >= 0.6 is 22.9 Å². The second kappa shape index (κ2) is 2.15. The number of aromatic nitrogens is 4. The topological polar surface area (TPSA) is 43.6 Å². The molecule has 0 N–H and O–H groups in total. The van der Waals surface area contributed by atoms with Crippen LogP contribution in [-0.2, 0) is 0 Å². The summed E-state index contributed by atoms with van der Waals surface area (Å²) in [5.41, 5.74) is 1.69. The molecule has 0 radical (unpaired) electrons. The van der Waals surface area contributed by atoms with Crippen LogP contribution in [0.4, 0.5) is 0 Å². The number of hydrogen-bond acceptors (Lipinski definition) is 3. The molecule has 0 aliphatic rings. The van der Waals surface area contributed by atoms with Crippen LogP contribution in [0.2, 0.25) is 0 Å². The highest BCUT2D eigenvalue weighted by Gasteiger charge is 1.98. The number of fused-ring (bicyclic) bond motifs is 1. The summed E-state index contributed by atoms with van der Waals surface area (Å²) in [6.45, 7) is 0. The SMILES string of the molecule is In1cnc2cncnc21. The maximum Gasteiger partial charge on any atom is 0.172 e. The molecular formula is C5H3IN4. The summed E-state index contributed by atoms with van der Waals surface area (Å²) in [4.78, 5) is 11.9. The Morgan fingerprint density at radius 1 is 1.40 bits per heavy atom. The third-order valence-electron chi connectivity index (χ3n) is 1.17. The van der Waals surface area contributed by atoms with Crippen LogP contribution in [0.15, 0.2) is 18.9 Å². The molecule has 0 aliphatic heterocycles. The van der Waals surface area contributed by atoms with Crippen molar-refractivity contribution in [2.24, 2.45) is 0 Å². The minimum absolute atomic E-state index is 0.830. The minimum atomic E-state index is 0.830. The number of nitrogens with zero attached hydrogens (tertiary/aromatic N) is 4. The summed E-state index contributed by atoms with van der Waals surface area (Å²) in [6.07, 6.45) is 4.91. The number of rotatable bonds is 0. The van der Waals surface area contributed by atoms with Gasteiger partial charge in [-0.3, -0.25) is 2.78 Å². The van der Waals surface area contributed by atoms with E-state index in [4.69, 9.17) is 0 Å². The van der Waals surface area contributed by atoms with Crippen LogP contribution in [0, 0.1) is 0 Å². The highest BCUT2D eigenvalue weighted by Crippen LogP contribution is 2.08. The molecule has 0 aromatic carbocycles. The maximum atomic E-state index is 4.05. The highest BCUT2D eigenvalue weighted by molar-refractivity contribution is 14.1. The number of hydrogen-bond donors (Lipinski definition) is 0. The molecule has 0 fully saturated rings. The van der Waals surface area contributed by atoms with Gasteiger partial charge in [0.25, 0.3) is 0 Å². The average Bonchev–Trinajstić information content (AvgIpc) is 2.34. The Bertz CT molecular complexity index is 355. The molecular weight excluding hydrogens is 243 g/mol. The Hall–Kier alpha value is -0.720. The van der Waals surface area contributed by atoms with Gasteiger partial charge in [0.1, 0.15) is 18.2 Å². The Balaban J connectivity index is 2.93. The third kappa shape index (κ3) is 0.772. The van der Waals surface area contributed by atoms with Gasteiger partial charge >= 0.3 is 0 Å². The molecule has 0 atom stereocenters. The molecule has 0 bridgehead atoms. The van der Waals surface area contributed by atoms with E-state index in [-0.39, 0.29) is 0 Å². The van der Waals surface area contributed by atoms with Gasteiger partial charge in [-0.2, -0.15) is 0 Å². The summed E-state index contributed by atoms with van der Waals surface area (Å²) < 4.78 is 1.83. The van der Waals surface area contributed by atoms with Gasteiger partial charge < -0.3 is 0 Å². The second-order valence-electron chi connectivity index (χ2n) is 1.79. The molecule has 2 aromatic heterocycles. The Morgan fingerprint density at radius 3 is 3.10 bits per heavy atom. The Kier molecular flexibility index (Phi) is 1.30. The first-order valence-electron chi connectivity index (χ1n) is 2.67. The van der Waals surface area contributed by atoms with Gasteiger partial charge in [0.05, 0.1) is 29.1 Å². The number of imidazole rings is 1. The number of halogens is 1. The van der Waals surface area contributed by atoms with Crippen molar-refractivity contribution in [1.82, 2.24) is 17.7 Å². The normalized spacial score (nSPS) is 10.5. The van der Waals surface area contributed by atoms with Crippen LogP contribution in [-0.4, -0.2) is 17.7 Å². The van der Waals surface area contributed by atoms with Gasteiger partial charge in [-0.05, 0) is 0 Å². The molecule has 2 aromatic rings. The second-order valence-corrected chi connectivity index (χ2v) is 2.83. The van der Waals surface area contributed by atoms with Crippen LogP contribution < -0.4 is 0 Å². The van der Waals surface area contributed by atoms with Crippen LogP contribution in [0.1, 0.15) is 0 Å². The molecule has 5 heteroatoms. The lowest BCUT2D eigenvalue weighted by atomic mass is 10.6. The van der Waals surface area contributed by atoms with Crippen molar-refractivity contribution in [2.45, 2.75) is 0 Å². The molecule has 10 heavy (non-hydrogen) atoms. The van der Waals surface area contributed by atoms with Crippen molar-refractivity contribution in [1.29, 1.82) is 0 Å². The van der Waals surface area contributed by atoms with E-state index in [0.29, 0.717) is 0 Å². The molecule has 0 saturated heterocycles. The van der Waals surface area contributed by atoms with Crippen LogP contribution in [0.5, 0.6) is 0 Å². The summed E-state index contributed by atoms with van der Waals surface area (Å²) in [5.74, 6) is 0. The standard InChI is InChI=1S/C5H3IN4/c6-10-3-9-4-1-7-2-8-5(4)10/h1-3H. The molecule has 0 aliphatic carbocycles. The van der Waals surface area contributed by atoms with Gasteiger partial charge in [-0.1, -0.05) is 0 Å². The highest BCUT2D eigenvalue weighted by atomic mass is 127. The molecule has 0 unspecified atom stereocenters. The monoisotopic (exact) mass is 246 g/mol. The summed E-state index contributed by atoms with van der Waals surface area (Å²) in [6, 6.07) is 0. The van der Waals surface area contributed by atoms with Gasteiger partial charge in [0.2, 0.25) is 0 Å². The largest absolute Gasteiger partial charge is 0.254 e. The summed E-state index contributed by atoms with van der Waals surface area (Å²) >= 11 is 2.12. The van der Waals surface area contributed by atoms with Gasteiger partial charge in [0, 0.05) is 0 Å². The van der Waals surface area contributed by atoms with Crippen molar-refractivity contribution < 1.29 is 0 Å². The first-order valence-corrected chi connectivity index (χ1v) is 3.63. The van der Waals surface area contributed by atoms with E-state index in [2.05, 4.69) is 37.8 Å². The predicted octanol–water partition coefficient (Wildman–Crippen LogP) is 1.02. The lowest BCUT2D eigenvalue weighted by Gasteiger charge is -1.86. The lowest BCUT2D eigenvalue weighted by molar-refractivity contribution is 1.19. The zero-order chi connectivity index (χ0) is 6.97. The fourth-order valence-corrected chi connectivity index (χ4v) is 1.24. The first kappa shape index (κ1) is 6.02. The molecule has 4 nitrogen and oxygen atoms in total. The first-order chi connectivity index (χ1) is 4.88. The fourth-order valence-electron chi connectivity index (χ4n) is 0.739. The van der Waals surface area contributed by atoms with Crippen molar-refractivity contribution in [2.75, 3.05) is 0 Å². The van der Waals surface area contributed by atoms with E-state index in [1.54, 1.807) is 12.5 Å². The molecule has 50 valence electrons. The molecule has 0 amide bonds. The van der Waals surface area contributed by atoms with Crippen molar-refractivity contribution >= 4 is 34.0 Å². The van der Waals surface area contributed by atoms with E-state index in [1.165, 1.54) is 6.33 Å². The quantitative estimate of drug-likeness (QED) is 0.652. The van der Waals surface area contributed by atoms with Crippen molar-refractivity contribution in [3.63, 3.8) is 0 Å². The van der Waals surface area contributed by atoms with E-state index in [9.17, 15) is 0 Å². The van der Waals surface area contributed by atoms with E-state index in [1.807, 2.05) is 2.78 Å². The van der Waals surface area contributed by atoms with Gasteiger partial charge in [-0.15, -0.1) is 0 Å². The van der Waals surface area contributed by atoms with E-state index < -0.39 is 0 Å². The van der Waals surface area contributed by atoms with Crippen molar-refractivity contribution in [3.8, 4) is 0 Å². The summed E-state index contributed by atoms with van der Waals surface area (Å²) in [7, 11) is 0. The zero-order valence-electron chi connectivity index (χ0n) is 4.90. The zero-order valence-corrected chi connectivity index (χ0v) is 7.06. The van der Waals surface area contributed by atoms with Gasteiger partial charge in [-0.25, -0.2) is 15.0 Å². The van der Waals surface area contributed by atoms with Crippen LogP contribution in [0.3, 0.4) is 0 Å². The van der Waals surface area contributed by atoms with Gasteiger partial charge in [0.15, 0.2) is 5.65 Å². The average molecular weight is 246 g/mol. The smallest absolute Gasteiger partial charge is 0.172 e. The molecule has 0 saturated carbocycles. The maximum absolute atomic E-state index is 4.05. The Morgan fingerprint density at radius 2 is 2.30 bits per heavy atom. The fraction of sp³-hybridized carbons (Fsp3) is 0. The Labute approximate surface area is 70.8 Å². The van der Waals surface area contributed by atoms with E-state index in [0.717, 1.165) is 11.2 Å². The van der Waals surface area contributed by atoms with Crippen LogP contribution in [0.25, 0.3) is 11.2 Å². The summed E-state index contributed by atoms with van der Waals surface area (Å²) in [5, 5.41) is 0. The molecule has 2 rings (SSSR count). The predicted molar refractivity (Wildman–Crippen MR) is 44.7 cm³/mol. The van der Waals surface area contributed by atoms with E-state index >= 15 is 0 Å². The lowest BCUT2D eigenvalue weighted by Crippen LogP contribution is -1.80. The minimum Gasteiger partial charge on any atom is -0.254 e. The third-order valence-corrected chi connectivity index (χ3v) is 1.88.